The standard InChI is InChI=1S/C19H30N2O5/c1-18(2,3)26-17(24)14(10-20-11-19(4,5)25)21-15(22)12-8-6-7-9-13(12)16(21)23/h10,12-13,20,25H,6-9,11H2,1-5H3/b14-10+. The van der Waals surface area contributed by atoms with Gasteiger partial charge in [-0.05, 0) is 47.5 Å². The summed E-state index contributed by atoms with van der Waals surface area (Å²) in [6.07, 6.45) is 4.47. The van der Waals surface area contributed by atoms with Crippen LogP contribution >= 0.6 is 0 Å². The first kappa shape index (κ1) is 20.4. The number of nitrogens with zero attached hydrogens (tertiary/aromatic N) is 1. The Morgan fingerprint density at radius 1 is 1.15 bits per heavy atom. The molecule has 2 rings (SSSR count). The van der Waals surface area contributed by atoms with Gasteiger partial charge in [0.1, 0.15) is 5.60 Å². The lowest BCUT2D eigenvalue weighted by Gasteiger charge is -2.24. The van der Waals surface area contributed by atoms with Gasteiger partial charge >= 0.3 is 5.97 Å². The van der Waals surface area contributed by atoms with E-state index in [1.54, 1.807) is 34.6 Å². The number of carbonyl (C=O) groups is 3. The molecule has 0 bridgehead atoms. The van der Waals surface area contributed by atoms with Gasteiger partial charge in [-0.15, -0.1) is 0 Å². The molecule has 7 heteroatoms. The van der Waals surface area contributed by atoms with Crippen molar-refractivity contribution in [2.24, 2.45) is 11.8 Å². The predicted molar refractivity (Wildman–Crippen MR) is 95.5 cm³/mol. The number of esters is 1. The number of likely N-dealkylation sites (tertiary alicyclic amines) is 1. The fourth-order valence-corrected chi connectivity index (χ4v) is 3.34. The molecule has 0 aromatic rings. The van der Waals surface area contributed by atoms with E-state index < -0.39 is 17.2 Å². The fourth-order valence-electron chi connectivity index (χ4n) is 3.34. The average molecular weight is 366 g/mol. The van der Waals surface area contributed by atoms with Gasteiger partial charge in [0, 0.05) is 12.7 Å². The molecule has 0 spiro atoms. The van der Waals surface area contributed by atoms with Crippen LogP contribution in [-0.2, 0) is 19.1 Å². The number of hydrogen-bond acceptors (Lipinski definition) is 6. The Balaban J connectivity index is 2.30. The van der Waals surface area contributed by atoms with Crippen LogP contribution in [0.4, 0.5) is 0 Å². The normalized spacial score (nSPS) is 24.5. The molecule has 1 saturated carbocycles. The summed E-state index contributed by atoms with van der Waals surface area (Å²) in [5, 5.41) is 12.7. The van der Waals surface area contributed by atoms with Gasteiger partial charge in [0.2, 0.25) is 11.8 Å². The van der Waals surface area contributed by atoms with Gasteiger partial charge < -0.3 is 15.2 Å². The second-order valence-electron chi connectivity index (χ2n) is 8.73. The van der Waals surface area contributed by atoms with E-state index in [-0.39, 0.29) is 35.9 Å². The Labute approximate surface area is 154 Å². The molecule has 1 heterocycles. The predicted octanol–water partition coefficient (Wildman–Crippen LogP) is 1.71. The van der Waals surface area contributed by atoms with E-state index in [2.05, 4.69) is 5.32 Å². The van der Waals surface area contributed by atoms with Crippen molar-refractivity contribution in [1.82, 2.24) is 10.2 Å². The van der Waals surface area contributed by atoms with Crippen LogP contribution in [0.5, 0.6) is 0 Å². The summed E-state index contributed by atoms with van der Waals surface area (Å²) in [6.45, 7) is 8.55. The highest BCUT2D eigenvalue weighted by Gasteiger charge is 2.51. The minimum Gasteiger partial charge on any atom is -0.455 e. The third kappa shape index (κ3) is 4.84. The van der Waals surface area contributed by atoms with Gasteiger partial charge in [0.15, 0.2) is 5.70 Å². The zero-order valence-corrected chi connectivity index (χ0v) is 16.3. The third-order valence-electron chi connectivity index (χ3n) is 4.46. The summed E-state index contributed by atoms with van der Waals surface area (Å²) < 4.78 is 5.39. The van der Waals surface area contributed by atoms with Crippen molar-refractivity contribution in [2.45, 2.75) is 71.5 Å². The average Bonchev–Trinajstić information content (AvgIpc) is 2.74. The summed E-state index contributed by atoms with van der Waals surface area (Å²) in [4.78, 5) is 39.2. The number of amides is 2. The second kappa shape index (κ2) is 7.39. The van der Waals surface area contributed by atoms with E-state index in [0.717, 1.165) is 17.7 Å². The smallest absolute Gasteiger partial charge is 0.357 e. The zero-order chi connectivity index (χ0) is 19.7. The monoisotopic (exact) mass is 366 g/mol. The maximum Gasteiger partial charge on any atom is 0.357 e. The van der Waals surface area contributed by atoms with Crippen molar-refractivity contribution < 1.29 is 24.2 Å². The second-order valence-corrected chi connectivity index (χ2v) is 8.73. The lowest BCUT2D eigenvalue weighted by molar-refractivity contribution is -0.156. The van der Waals surface area contributed by atoms with Crippen LogP contribution in [0.15, 0.2) is 11.9 Å². The molecular weight excluding hydrogens is 336 g/mol. The van der Waals surface area contributed by atoms with Crippen molar-refractivity contribution in [2.75, 3.05) is 6.54 Å². The van der Waals surface area contributed by atoms with E-state index in [1.165, 1.54) is 6.20 Å². The first-order valence-electron chi connectivity index (χ1n) is 9.18. The van der Waals surface area contributed by atoms with Gasteiger partial charge in [0.05, 0.1) is 17.4 Å². The highest BCUT2D eigenvalue weighted by Crippen LogP contribution is 2.39. The molecule has 2 N–H and O–H groups in total. The minimum atomic E-state index is -1.01. The summed E-state index contributed by atoms with van der Waals surface area (Å²) in [5.41, 5.74) is -1.89. The van der Waals surface area contributed by atoms with Gasteiger partial charge in [-0.3, -0.25) is 9.59 Å². The van der Waals surface area contributed by atoms with Gasteiger partial charge in [0.25, 0.3) is 0 Å². The third-order valence-corrected chi connectivity index (χ3v) is 4.46. The number of carbonyl (C=O) groups excluding carboxylic acids is 3. The Morgan fingerprint density at radius 2 is 1.65 bits per heavy atom. The summed E-state index contributed by atoms with van der Waals surface area (Å²) in [6, 6.07) is 0. The molecule has 7 nitrogen and oxygen atoms in total. The summed E-state index contributed by atoms with van der Waals surface area (Å²) in [5.74, 6) is -2.10. The van der Waals surface area contributed by atoms with Gasteiger partial charge in [-0.2, -0.15) is 0 Å². The SMILES string of the molecule is CC(C)(O)CN/C=C(\C(=O)OC(C)(C)C)N1C(=O)C2CCCCC2C1=O. The van der Waals surface area contributed by atoms with Crippen LogP contribution in [0.3, 0.4) is 0 Å². The molecule has 0 aromatic carbocycles. The number of rotatable bonds is 5. The number of nitrogens with one attached hydrogen (secondary N) is 1. The van der Waals surface area contributed by atoms with Crippen molar-refractivity contribution in [3.8, 4) is 0 Å². The van der Waals surface area contributed by atoms with Crippen molar-refractivity contribution in [3.63, 3.8) is 0 Å². The molecule has 26 heavy (non-hydrogen) atoms. The molecule has 1 saturated heterocycles. The molecule has 2 fully saturated rings. The maximum absolute atomic E-state index is 12.8. The van der Waals surface area contributed by atoms with E-state index >= 15 is 0 Å². The number of aliphatic hydroxyl groups is 1. The van der Waals surface area contributed by atoms with Gasteiger partial charge in [-0.25, -0.2) is 9.69 Å². The molecule has 0 radical (unpaired) electrons. The number of ether oxygens (including phenoxy) is 1. The first-order chi connectivity index (χ1) is 11.9. The van der Waals surface area contributed by atoms with E-state index in [0.29, 0.717) is 12.8 Å². The molecule has 1 aliphatic carbocycles. The topological polar surface area (TPSA) is 95.9 Å². The fraction of sp³-hybridized carbons (Fsp3) is 0.737. The summed E-state index contributed by atoms with van der Waals surface area (Å²) >= 11 is 0. The van der Waals surface area contributed by atoms with E-state index in [9.17, 15) is 19.5 Å². The molecule has 2 aliphatic rings. The van der Waals surface area contributed by atoms with Crippen LogP contribution in [0.1, 0.15) is 60.3 Å². The first-order valence-corrected chi connectivity index (χ1v) is 9.18. The Bertz CT molecular complexity index is 588. The highest BCUT2D eigenvalue weighted by molar-refractivity contribution is 6.11. The minimum absolute atomic E-state index is 0.117. The van der Waals surface area contributed by atoms with Crippen LogP contribution < -0.4 is 5.32 Å². The van der Waals surface area contributed by atoms with Crippen LogP contribution in [0.25, 0.3) is 0 Å². The number of hydrogen-bond donors (Lipinski definition) is 2. The van der Waals surface area contributed by atoms with Crippen molar-refractivity contribution >= 4 is 17.8 Å². The Morgan fingerprint density at radius 3 is 2.08 bits per heavy atom. The van der Waals surface area contributed by atoms with Gasteiger partial charge in [-0.1, -0.05) is 12.8 Å². The maximum atomic E-state index is 12.8. The lowest BCUT2D eigenvalue weighted by atomic mass is 9.81. The molecule has 2 atom stereocenters. The van der Waals surface area contributed by atoms with Crippen molar-refractivity contribution in [1.29, 1.82) is 0 Å². The molecule has 2 unspecified atom stereocenters. The van der Waals surface area contributed by atoms with Crippen LogP contribution in [0.2, 0.25) is 0 Å². The van der Waals surface area contributed by atoms with Crippen molar-refractivity contribution in [3.05, 3.63) is 11.9 Å². The van der Waals surface area contributed by atoms with Crippen LogP contribution in [0, 0.1) is 11.8 Å². The largest absolute Gasteiger partial charge is 0.455 e. The van der Waals surface area contributed by atoms with E-state index in [1.807, 2.05) is 0 Å². The lowest BCUT2D eigenvalue weighted by Crippen LogP contribution is -2.39. The molecule has 0 aromatic heterocycles. The molecule has 2 amide bonds. The van der Waals surface area contributed by atoms with E-state index in [4.69, 9.17) is 4.74 Å². The number of imide groups is 1. The highest BCUT2D eigenvalue weighted by atomic mass is 16.6. The quantitative estimate of drug-likeness (QED) is 0.437. The zero-order valence-electron chi connectivity index (χ0n) is 16.3. The Hall–Kier alpha value is -1.89. The van der Waals surface area contributed by atoms with Crippen LogP contribution in [-0.4, -0.2) is 45.5 Å². The number of fused-ring (bicyclic) bond motifs is 1. The molecule has 146 valence electrons. The molecular formula is C19H30N2O5. The Kier molecular flexibility index (Phi) is 5.80. The molecule has 1 aliphatic heterocycles. The summed E-state index contributed by atoms with van der Waals surface area (Å²) in [7, 11) is 0.